The summed E-state index contributed by atoms with van der Waals surface area (Å²) in [6, 6.07) is 2.13. The van der Waals surface area contributed by atoms with E-state index in [0.29, 0.717) is 26.2 Å². The molecule has 0 aromatic rings. The monoisotopic (exact) mass is 214 g/mol. The highest BCUT2D eigenvalue weighted by molar-refractivity contribution is 5.66. The fraction of sp³-hybridized carbons (Fsp3) is 0.800. The van der Waals surface area contributed by atoms with Crippen molar-refractivity contribution >= 4 is 5.97 Å². The summed E-state index contributed by atoms with van der Waals surface area (Å²) in [5.41, 5.74) is 0. The molecule has 5 nitrogen and oxygen atoms in total. The third-order valence-electron chi connectivity index (χ3n) is 2.01. The van der Waals surface area contributed by atoms with Gasteiger partial charge in [0.2, 0.25) is 0 Å². The minimum atomic E-state index is -0.818. The number of aliphatic carboxylic acids is 1. The van der Waals surface area contributed by atoms with Crippen LogP contribution in [0, 0.1) is 17.2 Å². The van der Waals surface area contributed by atoms with E-state index in [9.17, 15) is 4.79 Å². The first-order valence-corrected chi connectivity index (χ1v) is 4.92. The number of ether oxygens (including phenoxy) is 1. The molecule has 15 heavy (non-hydrogen) atoms. The molecule has 0 radical (unpaired) electrons. The third-order valence-corrected chi connectivity index (χ3v) is 2.01. The topological polar surface area (TPSA) is 73.6 Å². The molecule has 1 N–H and O–H groups in total. The molecule has 0 saturated heterocycles. The smallest absolute Gasteiger partial charge is 0.304 e. The first kappa shape index (κ1) is 13.9. The number of methoxy groups -OCH3 is 1. The van der Waals surface area contributed by atoms with Crippen molar-refractivity contribution in [1.82, 2.24) is 4.90 Å². The van der Waals surface area contributed by atoms with Gasteiger partial charge in [0.25, 0.3) is 0 Å². The molecule has 0 aromatic heterocycles. The minimum absolute atomic E-state index is 0.0874. The Hall–Kier alpha value is -1.12. The second-order valence-corrected chi connectivity index (χ2v) is 3.47. The van der Waals surface area contributed by atoms with Crippen LogP contribution in [-0.2, 0) is 9.53 Å². The summed E-state index contributed by atoms with van der Waals surface area (Å²) in [6.07, 6.45) is 0.0991. The molecule has 0 amide bonds. The highest BCUT2D eigenvalue weighted by Gasteiger charge is 2.10. The van der Waals surface area contributed by atoms with Crippen LogP contribution in [0.25, 0.3) is 0 Å². The lowest BCUT2D eigenvalue weighted by Crippen LogP contribution is -2.33. The van der Waals surface area contributed by atoms with Gasteiger partial charge in [-0.15, -0.1) is 0 Å². The summed E-state index contributed by atoms with van der Waals surface area (Å²) in [5, 5.41) is 17.2. The maximum absolute atomic E-state index is 10.4. The number of rotatable bonds is 8. The second-order valence-electron chi connectivity index (χ2n) is 3.47. The Kier molecular flexibility index (Phi) is 7.60. The van der Waals surface area contributed by atoms with Crippen molar-refractivity contribution in [3.05, 3.63) is 0 Å². The molecular formula is C10H18N2O3. The van der Waals surface area contributed by atoms with Crippen LogP contribution in [-0.4, -0.2) is 49.3 Å². The van der Waals surface area contributed by atoms with Crippen LogP contribution < -0.4 is 0 Å². The maximum atomic E-state index is 10.4. The van der Waals surface area contributed by atoms with Gasteiger partial charge in [-0.3, -0.25) is 9.69 Å². The van der Waals surface area contributed by atoms with E-state index in [-0.39, 0.29) is 12.3 Å². The number of nitrogens with zero attached hydrogens (tertiary/aromatic N) is 2. The predicted molar refractivity (Wildman–Crippen MR) is 55.3 cm³/mol. The standard InChI is InChI=1S/C10H18N2O3/c1-9(7-11)8-12(5-6-15-2)4-3-10(13)14/h9H,3-6,8H2,1-2H3,(H,13,14). The molecule has 1 unspecified atom stereocenters. The average Bonchev–Trinajstić information content (AvgIpc) is 2.21. The predicted octanol–water partition coefficient (Wildman–Crippen LogP) is 0.569. The lowest BCUT2D eigenvalue weighted by Gasteiger charge is -2.21. The molecule has 0 aliphatic heterocycles. The minimum Gasteiger partial charge on any atom is -0.481 e. The molecule has 0 aromatic carbocycles. The van der Waals surface area contributed by atoms with Gasteiger partial charge in [-0.1, -0.05) is 0 Å². The quantitative estimate of drug-likeness (QED) is 0.639. The van der Waals surface area contributed by atoms with Crippen LogP contribution in [0.1, 0.15) is 13.3 Å². The Morgan fingerprint density at radius 2 is 2.27 bits per heavy atom. The zero-order valence-corrected chi connectivity index (χ0v) is 9.27. The number of carboxylic acids is 1. The summed E-state index contributed by atoms with van der Waals surface area (Å²) in [4.78, 5) is 12.3. The molecule has 0 spiro atoms. The van der Waals surface area contributed by atoms with Crippen molar-refractivity contribution in [1.29, 1.82) is 5.26 Å². The zero-order chi connectivity index (χ0) is 11.7. The summed E-state index contributed by atoms with van der Waals surface area (Å²) in [6.45, 7) is 4.09. The normalized spacial score (nSPS) is 12.4. The second kappa shape index (κ2) is 8.21. The van der Waals surface area contributed by atoms with Crippen LogP contribution in [0.2, 0.25) is 0 Å². The van der Waals surface area contributed by atoms with Crippen molar-refractivity contribution in [2.24, 2.45) is 5.92 Å². The number of nitriles is 1. The van der Waals surface area contributed by atoms with E-state index in [4.69, 9.17) is 15.1 Å². The molecule has 0 rings (SSSR count). The van der Waals surface area contributed by atoms with E-state index >= 15 is 0 Å². The molecule has 0 saturated carbocycles. The van der Waals surface area contributed by atoms with Crippen molar-refractivity contribution in [2.75, 3.05) is 33.4 Å². The molecule has 0 aliphatic carbocycles. The van der Waals surface area contributed by atoms with Gasteiger partial charge in [0.05, 0.1) is 25.0 Å². The van der Waals surface area contributed by atoms with Gasteiger partial charge in [0, 0.05) is 26.7 Å². The molecule has 1 atom stereocenters. The fourth-order valence-electron chi connectivity index (χ4n) is 1.20. The van der Waals surface area contributed by atoms with Crippen molar-refractivity contribution < 1.29 is 14.6 Å². The molecule has 0 fully saturated rings. The van der Waals surface area contributed by atoms with E-state index < -0.39 is 5.97 Å². The van der Waals surface area contributed by atoms with Gasteiger partial charge in [-0.25, -0.2) is 0 Å². The Bertz CT molecular complexity index is 225. The van der Waals surface area contributed by atoms with E-state index in [2.05, 4.69) is 6.07 Å². The third kappa shape index (κ3) is 7.91. The van der Waals surface area contributed by atoms with Crippen LogP contribution in [0.15, 0.2) is 0 Å². The number of hydrogen-bond acceptors (Lipinski definition) is 4. The van der Waals surface area contributed by atoms with E-state index in [0.717, 1.165) is 0 Å². The molecular weight excluding hydrogens is 196 g/mol. The Morgan fingerprint density at radius 1 is 1.60 bits per heavy atom. The van der Waals surface area contributed by atoms with Crippen LogP contribution in [0.3, 0.4) is 0 Å². The van der Waals surface area contributed by atoms with E-state index in [1.54, 1.807) is 7.11 Å². The SMILES string of the molecule is COCCN(CCC(=O)O)CC(C)C#N. The molecule has 0 aliphatic rings. The van der Waals surface area contributed by atoms with Crippen LogP contribution >= 0.6 is 0 Å². The summed E-state index contributed by atoms with van der Waals surface area (Å²) < 4.78 is 4.92. The number of carboxylic acid groups (broad SMARTS) is 1. The fourth-order valence-corrected chi connectivity index (χ4v) is 1.20. The molecule has 86 valence electrons. The van der Waals surface area contributed by atoms with Gasteiger partial charge in [-0.2, -0.15) is 5.26 Å². The van der Waals surface area contributed by atoms with Gasteiger partial charge in [0.15, 0.2) is 0 Å². The maximum Gasteiger partial charge on any atom is 0.304 e. The summed E-state index contributed by atoms with van der Waals surface area (Å²) in [7, 11) is 1.60. The lowest BCUT2D eigenvalue weighted by molar-refractivity contribution is -0.137. The zero-order valence-electron chi connectivity index (χ0n) is 9.27. The van der Waals surface area contributed by atoms with Gasteiger partial charge in [0.1, 0.15) is 0 Å². The average molecular weight is 214 g/mol. The van der Waals surface area contributed by atoms with Gasteiger partial charge in [-0.05, 0) is 6.92 Å². The highest BCUT2D eigenvalue weighted by atomic mass is 16.5. The molecule has 5 heteroatoms. The Balaban J connectivity index is 3.95. The van der Waals surface area contributed by atoms with Gasteiger partial charge < -0.3 is 9.84 Å². The lowest BCUT2D eigenvalue weighted by atomic mass is 10.2. The largest absolute Gasteiger partial charge is 0.481 e. The summed E-state index contributed by atoms with van der Waals surface area (Å²) in [5.74, 6) is -0.905. The molecule has 0 bridgehead atoms. The van der Waals surface area contributed by atoms with Crippen LogP contribution in [0.4, 0.5) is 0 Å². The highest BCUT2D eigenvalue weighted by Crippen LogP contribution is 2.00. The first-order valence-electron chi connectivity index (χ1n) is 4.92. The first-order chi connectivity index (χ1) is 7.10. The van der Waals surface area contributed by atoms with Gasteiger partial charge >= 0.3 is 5.97 Å². The Morgan fingerprint density at radius 3 is 2.73 bits per heavy atom. The van der Waals surface area contributed by atoms with Crippen molar-refractivity contribution in [2.45, 2.75) is 13.3 Å². The van der Waals surface area contributed by atoms with Crippen molar-refractivity contribution in [3.8, 4) is 6.07 Å². The summed E-state index contributed by atoms with van der Waals surface area (Å²) >= 11 is 0. The number of hydrogen-bond donors (Lipinski definition) is 1. The van der Waals surface area contributed by atoms with Crippen molar-refractivity contribution in [3.63, 3.8) is 0 Å². The molecule has 0 heterocycles. The van der Waals surface area contributed by atoms with Crippen LogP contribution in [0.5, 0.6) is 0 Å². The van der Waals surface area contributed by atoms with E-state index in [1.807, 2.05) is 11.8 Å². The number of carbonyl (C=O) groups is 1. The van der Waals surface area contributed by atoms with E-state index in [1.165, 1.54) is 0 Å². The Labute approximate surface area is 90.2 Å².